The SMILES string of the molecule is CN=C(NCCCOC1CCCCC1)NCc1cccc(OCC(=O)N(C)C)c1.I. The number of aliphatic imine (C=N–C) groups is 1. The lowest BCUT2D eigenvalue weighted by Gasteiger charge is -2.22. The molecule has 0 saturated heterocycles. The van der Waals surface area contributed by atoms with E-state index in [1.54, 1.807) is 21.1 Å². The Bertz CT molecular complexity index is 649. The highest BCUT2D eigenvalue weighted by Crippen LogP contribution is 2.20. The zero-order valence-electron chi connectivity index (χ0n) is 18.5. The summed E-state index contributed by atoms with van der Waals surface area (Å²) in [7, 11) is 5.19. The first-order valence-electron chi connectivity index (χ1n) is 10.6. The van der Waals surface area contributed by atoms with Gasteiger partial charge in [-0.15, -0.1) is 24.0 Å². The minimum Gasteiger partial charge on any atom is -0.484 e. The number of likely N-dealkylation sites (N-methyl/N-ethyl adjacent to an activating group) is 1. The van der Waals surface area contributed by atoms with Crippen LogP contribution in [-0.4, -0.2) is 63.8 Å². The van der Waals surface area contributed by atoms with E-state index < -0.39 is 0 Å². The zero-order valence-corrected chi connectivity index (χ0v) is 20.8. The van der Waals surface area contributed by atoms with E-state index in [1.807, 2.05) is 24.3 Å². The maximum absolute atomic E-state index is 11.6. The van der Waals surface area contributed by atoms with Gasteiger partial charge in [0.25, 0.3) is 5.91 Å². The molecule has 0 aliphatic heterocycles. The van der Waals surface area contributed by atoms with Crippen LogP contribution >= 0.6 is 24.0 Å². The molecule has 30 heavy (non-hydrogen) atoms. The molecular formula is C22H37IN4O3. The second-order valence-corrected chi connectivity index (χ2v) is 7.56. The molecule has 0 unspecified atom stereocenters. The molecule has 1 fully saturated rings. The lowest BCUT2D eigenvalue weighted by molar-refractivity contribution is -0.130. The van der Waals surface area contributed by atoms with Crippen LogP contribution in [0.1, 0.15) is 44.1 Å². The number of ether oxygens (including phenoxy) is 2. The third kappa shape index (κ3) is 10.5. The standard InChI is InChI=1S/C22H36N4O3.HI/c1-23-22(24-13-8-14-28-19-10-5-4-6-11-19)25-16-18-9-7-12-20(15-18)29-17-21(27)26(2)3;/h7,9,12,15,19H,4-6,8,10-11,13-14,16-17H2,1-3H3,(H2,23,24,25);1H. The molecule has 1 aliphatic carbocycles. The van der Waals surface area contributed by atoms with Crippen molar-refractivity contribution in [2.45, 2.75) is 51.2 Å². The molecule has 1 aliphatic rings. The predicted octanol–water partition coefficient (Wildman–Crippen LogP) is 3.18. The lowest BCUT2D eigenvalue weighted by Crippen LogP contribution is -2.37. The molecule has 170 valence electrons. The van der Waals surface area contributed by atoms with Crippen LogP contribution in [-0.2, 0) is 16.1 Å². The van der Waals surface area contributed by atoms with Gasteiger partial charge >= 0.3 is 0 Å². The Labute approximate surface area is 198 Å². The third-order valence-electron chi connectivity index (χ3n) is 4.96. The maximum Gasteiger partial charge on any atom is 0.259 e. The molecule has 1 saturated carbocycles. The predicted molar refractivity (Wildman–Crippen MR) is 132 cm³/mol. The van der Waals surface area contributed by atoms with Gasteiger partial charge in [-0.05, 0) is 37.0 Å². The summed E-state index contributed by atoms with van der Waals surface area (Å²) in [5.41, 5.74) is 1.06. The number of guanidine groups is 1. The molecule has 1 aromatic rings. The molecule has 0 atom stereocenters. The number of benzene rings is 1. The van der Waals surface area contributed by atoms with Gasteiger partial charge in [0.15, 0.2) is 12.6 Å². The van der Waals surface area contributed by atoms with Crippen molar-refractivity contribution in [3.05, 3.63) is 29.8 Å². The average Bonchev–Trinajstić information content (AvgIpc) is 2.75. The summed E-state index contributed by atoms with van der Waals surface area (Å²) in [6.45, 7) is 2.27. The average molecular weight is 532 g/mol. The minimum atomic E-state index is -0.0643. The van der Waals surface area contributed by atoms with Crippen LogP contribution in [0.2, 0.25) is 0 Å². The Morgan fingerprint density at radius 2 is 1.97 bits per heavy atom. The smallest absolute Gasteiger partial charge is 0.259 e. The Hall–Kier alpha value is -1.55. The summed E-state index contributed by atoms with van der Waals surface area (Å²) >= 11 is 0. The first kappa shape index (κ1) is 26.5. The van der Waals surface area contributed by atoms with E-state index in [-0.39, 0.29) is 36.5 Å². The van der Waals surface area contributed by atoms with Crippen LogP contribution in [0.25, 0.3) is 0 Å². The van der Waals surface area contributed by atoms with Gasteiger partial charge in [-0.1, -0.05) is 31.4 Å². The summed E-state index contributed by atoms with van der Waals surface area (Å²) in [6.07, 6.45) is 7.80. The van der Waals surface area contributed by atoms with Gasteiger partial charge in [-0.2, -0.15) is 0 Å². The van der Waals surface area contributed by atoms with Crippen molar-refractivity contribution in [3.63, 3.8) is 0 Å². The van der Waals surface area contributed by atoms with Crippen LogP contribution in [0.4, 0.5) is 0 Å². The summed E-state index contributed by atoms with van der Waals surface area (Å²) in [6, 6.07) is 7.72. The largest absolute Gasteiger partial charge is 0.484 e. The van der Waals surface area contributed by atoms with Crippen LogP contribution in [0, 0.1) is 0 Å². The van der Waals surface area contributed by atoms with Crippen LogP contribution in [0.15, 0.2) is 29.3 Å². The summed E-state index contributed by atoms with van der Waals surface area (Å²) in [4.78, 5) is 17.4. The number of rotatable bonds is 10. The number of nitrogens with zero attached hydrogens (tertiary/aromatic N) is 2. The number of halogens is 1. The van der Waals surface area contributed by atoms with Gasteiger partial charge in [-0.3, -0.25) is 9.79 Å². The Morgan fingerprint density at radius 1 is 1.20 bits per heavy atom. The van der Waals surface area contributed by atoms with E-state index >= 15 is 0 Å². The highest BCUT2D eigenvalue weighted by molar-refractivity contribution is 14.0. The summed E-state index contributed by atoms with van der Waals surface area (Å²) in [5.74, 6) is 1.38. The fourth-order valence-corrected chi connectivity index (χ4v) is 3.19. The van der Waals surface area contributed by atoms with Crippen molar-refractivity contribution in [3.8, 4) is 5.75 Å². The van der Waals surface area contributed by atoms with Crippen molar-refractivity contribution in [1.29, 1.82) is 0 Å². The molecule has 0 radical (unpaired) electrons. The quantitative estimate of drug-likeness (QED) is 0.210. The third-order valence-corrected chi connectivity index (χ3v) is 4.96. The van der Waals surface area contributed by atoms with Crippen molar-refractivity contribution in [2.75, 3.05) is 40.9 Å². The second kappa shape index (κ2) is 15.3. The van der Waals surface area contributed by atoms with E-state index in [4.69, 9.17) is 9.47 Å². The molecule has 0 spiro atoms. The molecule has 7 nitrogen and oxygen atoms in total. The van der Waals surface area contributed by atoms with Gasteiger partial charge in [0, 0.05) is 40.8 Å². The Morgan fingerprint density at radius 3 is 2.67 bits per heavy atom. The van der Waals surface area contributed by atoms with Gasteiger partial charge in [0.05, 0.1) is 6.10 Å². The van der Waals surface area contributed by atoms with E-state index in [2.05, 4.69) is 15.6 Å². The van der Waals surface area contributed by atoms with Crippen molar-refractivity contribution >= 4 is 35.8 Å². The molecule has 2 rings (SSSR count). The van der Waals surface area contributed by atoms with Crippen molar-refractivity contribution in [1.82, 2.24) is 15.5 Å². The van der Waals surface area contributed by atoms with E-state index in [1.165, 1.54) is 37.0 Å². The number of nitrogens with one attached hydrogen (secondary N) is 2. The fraction of sp³-hybridized carbons (Fsp3) is 0.636. The lowest BCUT2D eigenvalue weighted by atomic mass is 9.98. The van der Waals surface area contributed by atoms with Crippen LogP contribution < -0.4 is 15.4 Å². The Balaban J connectivity index is 0.00000450. The molecule has 2 N–H and O–H groups in total. The topological polar surface area (TPSA) is 75.2 Å². The van der Waals surface area contributed by atoms with Gasteiger partial charge in [0.2, 0.25) is 0 Å². The van der Waals surface area contributed by atoms with Crippen LogP contribution in [0.5, 0.6) is 5.75 Å². The fourth-order valence-electron chi connectivity index (χ4n) is 3.19. The first-order chi connectivity index (χ1) is 14.1. The molecular weight excluding hydrogens is 495 g/mol. The van der Waals surface area contributed by atoms with E-state index in [0.29, 0.717) is 18.4 Å². The maximum atomic E-state index is 11.6. The first-order valence-corrected chi connectivity index (χ1v) is 10.6. The number of carbonyl (C=O) groups excluding carboxylic acids is 1. The highest BCUT2D eigenvalue weighted by Gasteiger charge is 2.13. The molecule has 1 aromatic carbocycles. The zero-order chi connectivity index (χ0) is 20.9. The summed E-state index contributed by atoms with van der Waals surface area (Å²) < 4.78 is 11.5. The van der Waals surface area contributed by atoms with Gasteiger partial charge in [0.1, 0.15) is 5.75 Å². The monoisotopic (exact) mass is 532 g/mol. The second-order valence-electron chi connectivity index (χ2n) is 7.56. The van der Waals surface area contributed by atoms with Gasteiger partial charge in [-0.25, -0.2) is 0 Å². The highest BCUT2D eigenvalue weighted by atomic mass is 127. The van der Waals surface area contributed by atoms with Gasteiger partial charge < -0.3 is 25.0 Å². The van der Waals surface area contributed by atoms with E-state index in [9.17, 15) is 4.79 Å². The molecule has 0 aromatic heterocycles. The normalized spacial score (nSPS) is 14.6. The van der Waals surface area contributed by atoms with Crippen LogP contribution in [0.3, 0.4) is 0 Å². The molecule has 0 heterocycles. The number of hydrogen-bond donors (Lipinski definition) is 2. The number of amides is 1. The van der Waals surface area contributed by atoms with Crippen molar-refractivity contribution in [2.24, 2.45) is 4.99 Å². The number of hydrogen-bond acceptors (Lipinski definition) is 4. The Kier molecular flexibility index (Phi) is 13.5. The molecule has 8 heteroatoms. The summed E-state index contributed by atoms with van der Waals surface area (Å²) in [5, 5.41) is 6.63. The molecule has 1 amide bonds. The molecule has 0 bridgehead atoms. The number of carbonyl (C=O) groups is 1. The van der Waals surface area contributed by atoms with E-state index in [0.717, 1.165) is 31.1 Å². The minimum absolute atomic E-state index is 0. The van der Waals surface area contributed by atoms with Crippen molar-refractivity contribution < 1.29 is 14.3 Å².